The van der Waals surface area contributed by atoms with Crippen LogP contribution in [0.3, 0.4) is 0 Å². The van der Waals surface area contributed by atoms with Crippen LogP contribution in [0.1, 0.15) is 54.7 Å². The van der Waals surface area contributed by atoms with E-state index in [0.717, 1.165) is 28.9 Å². The number of anilines is 2. The highest BCUT2D eigenvalue weighted by Crippen LogP contribution is 2.32. The molecule has 3 aromatic rings. The number of nitrogens with zero attached hydrogens (tertiary/aromatic N) is 3. The molecule has 1 unspecified atom stereocenters. The van der Waals surface area contributed by atoms with Crippen LogP contribution in [0.5, 0.6) is 0 Å². The van der Waals surface area contributed by atoms with Crippen molar-refractivity contribution < 1.29 is 4.79 Å². The third-order valence-corrected chi connectivity index (χ3v) is 7.23. The Bertz CT molecular complexity index is 1370. The third-order valence-electron chi connectivity index (χ3n) is 7.23. The molecule has 0 saturated carbocycles. The number of fused-ring (bicyclic) bond motifs is 1. The van der Waals surface area contributed by atoms with Crippen LogP contribution in [0.25, 0.3) is 0 Å². The smallest absolute Gasteiger partial charge is 0.332 e. The Hall–Kier alpha value is -3.65. The Morgan fingerprint density at radius 3 is 2.39 bits per heavy atom. The molecule has 8 nitrogen and oxygen atoms in total. The van der Waals surface area contributed by atoms with Crippen molar-refractivity contribution in [3.05, 3.63) is 91.6 Å². The molecular weight excluding hydrogens is 454 g/mol. The summed E-state index contributed by atoms with van der Waals surface area (Å²) in [5, 5.41) is 3.24. The lowest BCUT2D eigenvalue weighted by atomic mass is 10.1. The van der Waals surface area contributed by atoms with Gasteiger partial charge >= 0.3 is 5.69 Å². The monoisotopic (exact) mass is 489 g/mol. The lowest BCUT2D eigenvalue weighted by Crippen LogP contribution is -2.44. The molecule has 1 aliphatic rings. The molecule has 0 saturated heterocycles. The summed E-state index contributed by atoms with van der Waals surface area (Å²) in [4.78, 5) is 41.8. The summed E-state index contributed by atoms with van der Waals surface area (Å²) in [6.07, 6.45) is 0. The van der Waals surface area contributed by atoms with Gasteiger partial charge in [0, 0.05) is 31.4 Å². The van der Waals surface area contributed by atoms with Crippen LogP contribution >= 0.6 is 0 Å². The highest BCUT2D eigenvalue weighted by Gasteiger charge is 2.27. The van der Waals surface area contributed by atoms with E-state index < -0.39 is 17.0 Å². The lowest BCUT2D eigenvalue weighted by molar-refractivity contribution is 0.100. The van der Waals surface area contributed by atoms with E-state index in [1.165, 1.54) is 15.7 Å². The Morgan fingerprint density at radius 2 is 1.72 bits per heavy atom. The zero-order chi connectivity index (χ0) is 26.0. The molecule has 0 bridgehead atoms. The fourth-order valence-corrected chi connectivity index (χ4v) is 4.76. The van der Waals surface area contributed by atoms with E-state index in [-0.39, 0.29) is 31.0 Å². The topological polar surface area (TPSA) is 102 Å². The van der Waals surface area contributed by atoms with Crippen LogP contribution in [0.2, 0.25) is 0 Å². The molecule has 0 fully saturated rings. The lowest BCUT2D eigenvalue weighted by Gasteiger charge is -2.27. The second-order valence-electron chi connectivity index (χ2n) is 9.77. The summed E-state index contributed by atoms with van der Waals surface area (Å²) in [5.74, 6) is -0.00216. The number of nitrogens with two attached hydrogens (primary N) is 1. The molecule has 2 aromatic carbocycles. The summed E-state index contributed by atoms with van der Waals surface area (Å²) in [6, 6.07) is 15.8. The minimum atomic E-state index is -0.647. The number of nitrogens with one attached hydrogen (secondary N) is 1. The largest absolute Gasteiger partial charge is 0.384 e. The van der Waals surface area contributed by atoms with Gasteiger partial charge in [-0.05, 0) is 42.5 Å². The molecule has 1 atom stereocenters. The number of ketones is 1. The van der Waals surface area contributed by atoms with Crippen molar-refractivity contribution in [1.29, 1.82) is 0 Å². The molecule has 3 N–H and O–H groups in total. The average molecular weight is 490 g/mol. The van der Waals surface area contributed by atoms with Crippen LogP contribution in [-0.2, 0) is 26.2 Å². The number of hydrogen-bond acceptors (Lipinski definition) is 6. The van der Waals surface area contributed by atoms with E-state index in [9.17, 15) is 14.4 Å². The molecule has 8 heteroatoms. The Kier molecular flexibility index (Phi) is 7.45. The van der Waals surface area contributed by atoms with Crippen LogP contribution in [0.4, 0.5) is 11.5 Å². The van der Waals surface area contributed by atoms with Crippen molar-refractivity contribution in [3.63, 3.8) is 0 Å². The van der Waals surface area contributed by atoms with Gasteiger partial charge in [-0.1, -0.05) is 56.3 Å². The molecule has 1 aromatic heterocycles. The van der Waals surface area contributed by atoms with Gasteiger partial charge in [-0.25, -0.2) is 4.79 Å². The number of carbonyl (C=O) groups excluding carboxylic acids is 1. The molecule has 36 heavy (non-hydrogen) atoms. The first-order valence-electron chi connectivity index (χ1n) is 12.5. The second kappa shape index (κ2) is 10.5. The second-order valence-corrected chi connectivity index (χ2v) is 9.77. The molecule has 190 valence electrons. The van der Waals surface area contributed by atoms with Crippen molar-refractivity contribution in [2.24, 2.45) is 5.92 Å². The van der Waals surface area contributed by atoms with Crippen LogP contribution in [0.15, 0.2) is 58.1 Å². The quantitative estimate of drug-likeness (QED) is 0.447. The number of Topliss-reactive ketones (excluding diaryl/α,β-unsaturated/α-hetero) is 1. The van der Waals surface area contributed by atoms with E-state index >= 15 is 0 Å². The van der Waals surface area contributed by atoms with Crippen molar-refractivity contribution in [1.82, 2.24) is 14.0 Å². The first-order valence-corrected chi connectivity index (χ1v) is 12.5. The molecule has 0 aliphatic carbocycles. The fraction of sp³-hybridized carbons (Fsp3) is 0.393. The normalized spacial score (nSPS) is 14.1. The number of nitrogen functional groups attached to an aromatic ring is 1. The van der Waals surface area contributed by atoms with Gasteiger partial charge in [0.15, 0.2) is 5.78 Å². The maximum atomic E-state index is 13.3. The molecular formula is C28H35N5O3. The number of aromatic nitrogens is 2. The fourth-order valence-electron chi connectivity index (χ4n) is 4.76. The molecule has 0 amide bonds. The summed E-state index contributed by atoms with van der Waals surface area (Å²) >= 11 is 0. The van der Waals surface area contributed by atoms with Crippen LogP contribution in [0, 0.1) is 5.92 Å². The van der Waals surface area contributed by atoms with Crippen LogP contribution in [-0.4, -0.2) is 32.4 Å². The predicted octanol–water partition coefficient (Wildman–Crippen LogP) is 3.32. The maximum Gasteiger partial charge on any atom is 0.332 e. The van der Waals surface area contributed by atoms with E-state index in [2.05, 4.69) is 37.1 Å². The molecule has 0 radical (unpaired) electrons. The van der Waals surface area contributed by atoms with E-state index in [1.54, 1.807) is 6.92 Å². The number of benzene rings is 2. The van der Waals surface area contributed by atoms with Gasteiger partial charge in [-0.3, -0.25) is 23.6 Å². The standard InChI is InChI=1S/C28H35N5O3/c1-5-32-27(35)25(26(29)33(28(32)36)15-20-10-7-6-8-11-20)24(34)14-30-23-13-9-12-21-16-31(17-22(21)23)19(4)18(2)3/h6-13,18-19,30H,5,14-17,29H2,1-4H3. The number of rotatable bonds is 9. The van der Waals surface area contributed by atoms with Gasteiger partial charge in [0.2, 0.25) is 0 Å². The molecule has 4 rings (SSSR count). The number of carbonyl (C=O) groups is 1. The zero-order valence-electron chi connectivity index (χ0n) is 21.5. The molecule has 0 spiro atoms. The van der Waals surface area contributed by atoms with E-state index in [1.807, 2.05) is 42.5 Å². The highest BCUT2D eigenvalue weighted by atomic mass is 16.2. The van der Waals surface area contributed by atoms with Gasteiger partial charge < -0.3 is 11.1 Å². The van der Waals surface area contributed by atoms with Gasteiger partial charge in [-0.15, -0.1) is 0 Å². The van der Waals surface area contributed by atoms with Crippen molar-refractivity contribution in [3.8, 4) is 0 Å². The number of hydrogen-bond donors (Lipinski definition) is 2. The Morgan fingerprint density at radius 1 is 1.00 bits per heavy atom. The Labute approximate surface area is 211 Å². The summed E-state index contributed by atoms with van der Waals surface area (Å²) in [5.41, 5.74) is 9.12. The predicted molar refractivity (Wildman–Crippen MR) is 143 cm³/mol. The average Bonchev–Trinajstić information content (AvgIpc) is 3.30. The maximum absolute atomic E-state index is 13.3. The van der Waals surface area contributed by atoms with Gasteiger partial charge in [0.05, 0.1) is 13.1 Å². The van der Waals surface area contributed by atoms with Crippen molar-refractivity contribution in [2.45, 2.75) is 59.9 Å². The highest BCUT2D eigenvalue weighted by molar-refractivity contribution is 6.02. The first kappa shape index (κ1) is 25.4. The summed E-state index contributed by atoms with van der Waals surface area (Å²) in [7, 11) is 0. The minimum absolute atomic E-state index is 0.0944. The van der Waals surface area contributed by atoms with Gasteiger partial charge in [0.25, 0.3) is 5.56 Å². The van der Waals surface area contributed by atoms with Gasteiger partial charge in [-0.2, -0.15) is 0 Å². The SMILES string of the molecule is CCn1c(=O)c(C(=O)CNc2cccc3c2CN(C(C)C(C)C)C3)c(N)n(Cc2ccccc2)c1=O. The summed E-state index contributed by atoms with van der Waals surface area (Å²) < 4.78 is 2.37. The molecule has 2 heterocycles. The van der Waals surface area contributed by atoms with E-state index in [4.69, 9.17) is 5.73 Å². The molecule has 1 aliphatic heterocycles. The van der Waals surface area contributed by atoms with Crippen molar-refractivity contribution >= 4 is 17.3 Å². The Balaban J connectivity index is 1.61. The van der Waals surface area contributed by atoms with E-state index in [0.29, 0.717) is 12.0 Å². The van der Waals surface area contributed by atoms with Crippen LogP contribution < -0.4 is 22.3 Å². The third kappa shape index (κ3) is 4.86. The first-order chi connectivity index (χ1) is 17.2. The minimum Gasteiger partial charge on any atom is -0.384 e. The summed E-state index contributed by atoms with van der Waals surface area (Å²) in [6.45, 7) is 10.3. The van der Waals surface area contributed by atoms with Gasteiger partial charge in [0.1, 0.15) is 11.4 Å². The zero-order valence-corrected chi connectivity index (χ0v) is 21.5. The van der Waals surface area contributed by atoms with Crippen molar-refractivity contribution in [2.75, 3.05) is 17.6 Å².